The Bertz CT molecular complexity index is 645. The van der Waals surface area contributed by atoms with Gasteiger partial charge in [0.05, 0.1) is 33.1 Å². The lowest BCUT2D eigenvalue weighted by molar-refractivity contribution is 0.128. The van der Waals surface area contributed by atoms with Gasteiger partial charge in [-0.05, 0) is 36.1 Å². The van der Waals surface area contributed by atoms with Crippen molar-refractivity contribution in [2.75, 3.05) is 45.4 Å². The molecule has 0 aliphatic heterocycles. The number of thioether (sulfide) groups is 1. The van der Waals surface area contributed by atoms with E-state index in [1.165, 1.54) is 0 Å². The van der Waals surface area contributed by atoms with Crippen molar-refractivity contribution in [1.29, 1.82) is 0 Å². The standard InChI is InChI=1S/C20H29N3O3S/c1-24-18-7-5-17(6-8-18)16-25-14-11-22-20(23-12-15-27-2)21-10-9-19-4-3-13-26-19/h3-8,13H,9-12,14-16H2,1-2H3,(H2,21,22,23). The summed E-state index contributed by atoms with van der Waals surface area (Å²) in [6.45, 7) is 3.39. The molecule has 2 N–H and O–H groups in total. The number of guanidine groups is 1. The highest BCUT2D eigenvalue weighted by atomic mass is 32.2. The molecular weight excluding hydrogens is 362 g/mol. The maximum absolute atomic E-state index is 5.71. The lowest BCUT2D eigenvalue weighted by atomic mass is 10.2. The fourth-order valence-corrected chi connectivity index (χ4v) is 2.64. The summed E-state index contributed by atoms with van der Waals surface area (Å²) in [6, 6.07) is 11.8. The molecule has 0 atom stereocenters. The highest BCUT2D eigenvalue weighted by Gasteiger charge is 2.00. The molecule has 0 aliphatic carbocycles. The van der Waals surface area contributed by atoms with Gasteiger partial charge in [0.15, 0.2) is 5.96 Å². The second-order valence-electron chi connectivity index (χ2n) is 5.81. The van der Waals surface area contributed by atoms with E-state index >= 15 is 0 Å². The van der Waals surface area contributed by atoms with E-state index in [0.717, 1.165) is 48.3 Å². The Kier molecular flexibility index (Phi) is 10.3. The molecule has 2 rings (SSSR count). The van der Waals surface area contributed by atoms with Crippen molar-refractivity contribution in [2.24, 2.45) is 4.99 Å². The van der Waals surface area contributed by atoms with E-state index in [4.69, 9.17) is 13.9 Å². The normalized spacial score (nSPS) is 11.4. The molecule has 1 aromatic heterocycles. The fourth-order valence-electron chi connectivity index (χ4n) is 2.34. The number of nitrogens with zero attached hydrogens (tertiary/aromatic N) is 1. The monoisotopic (exact) mass is 391 g/mol. The molecule has 0 saturated heterocycles. The molecule has 0 fully saturated rings. The Morgan fingerprint density at radius 1 is 1.15 bits per heavy atom. The van der Waals surface area contributed by atoms with Crippen molar-refractivity contribution >= 4 is 17.7 Å². The fraction of sp³-hybridized carbons (Fsp3) is 0.450. The first kappa shape index (κ1) is 21.2. The van der Waals surface area contributed by atoms with Crippen LogP contribution in [0.4, 0.5) is 0 Å². The van der Waals surface area contributed by atoms with Crippen LogP contribution in [0.5, 0.6) is 5.75 Å². The van der Waals surface area contributed by atoms with Gasteiger partial charge in [0.1, 0.15) is 11.5 Å². The van der Waals surface area contributed by atoms with Crippen molar-refractivity contribution in [3.05, 3.63) is 54.0 Å². The second-order valence-corrected chi connectivity index (χ2v) is 6.79. The van der Waals surface area contributed by atoms with Crippen LogP contribution in [0.15, 0.2) is 52.1 Å². The van der Waals surface area contributed by atoms with E-state index in [9.17, 15) is 0 Å². The number of rotatable bonds is 12. The minimum atomic E-state index is 0.569. The highest BCUT2D eigenvalue weighted by molar-refractivity contribution is 7.98. The van der Waals surface area contributed by atoms with Crippen LogP contribution in [0, 0.1) is 0 Å². The zero-order chi connectivity index (χ0) is 19.2. The van der Waals surface area contributed by atoms with Crippen molar-refractivity contribution < 1.29 is 13.9 Å². The smallest absolute Gasteiger partial charge is 0.191 e. The summed E-state index contributed by atoms with van der Waals surface area (Å²) in [5, 5.41) is 6.68. The first-order valence-electron chi connectivity index (χ1n) is 9.06. The topological polar surface area (TPSA) is 68.0 Å². The largest absolute Gasteiger partial charge is 0.497 e. The van der Waals surface area contributed by atoms with Crippen LogP contribution < -0.4 is 15.4 Å². The minimum absolute atomic E-state index is 0.569. The lowest BCUT2D eigenvalue weighted by Gasteiger charge is -2.12. The molecule has 0 amide bonds. The van der Waals surface area contributed by atoms with Gasteiger partial charge in [0, 0.05) is 25.3 Å². The SMILES string of the molecule is COc1ccc(COCCN=C(NCCSC)NCCc2ccco2)cc1. The summed E-state index contributed by atoms with van der Waals surface area (Å²) < 4.78 is 16.2. The molecule has 2 aromatic rings. The zero-order valence-electron chi connectivity index (χ0n) is 16.1. The predicted molar refractivity (Wildman–Crippen MR) is 112 cm³/mol. The summed E-state index contributed by atoms with van der Waals surface area (Å²) >= 11 is 1.80. The van der Waals surface area contributed by atoms with Gasteiger partial charge in [-0.25, -0.2) is 0 Å². The highest BCUT2D eigenvalue weighted by Crippen LogP contribution is 2.11. The summed E-state index contributed by atoms with van der Waals surface area (Å²) in [4.78, 5) is 4.58. The van der Waals surface area contributed by atoms with Crippen LogP contribution in [-0.4, -0.2) is 51.3 Å². The van der Waals surface area contributed by atoms with Crippen molar-refractivity contribution in [3.8, 4) is 5.75 Å². The van der Waals surface area contributed by atoms with Gasteiger partial charge in [-0.15, -0.1) is 0 Å². The Morgan fingerprint density at radius 3 is 2.67 bits per heavy atom. The quantitative estimate of drug-likeness (QED) is 0.329. The van der Waals surface area contributed by atoms with Crippen molar-refractivity contribution in [1.82, 2.24) is 10.6 Å². The number of ether oxygens (including phenoxy) is 2. The van der Waals surface area contributed by atoms with Gasteiger partial charge in [0.2, 0.25) is 0 Å². The number of nitrogens with one attached hydrogen (secondary N) is 2. The molecular formula is C20H29N3O3S. The Labute approximate surface area is 165 Å². The molecule has 0 spiro atoms. The summed E-state index contributed by atoms with van der Waals surface area (Å²) in [5.41, 5.74) is 1.12. The second kappa shape index (κ2) is 13.1. The number of methoxy groups -OCH3 is 1. The molecule has 148 valence electrons. The van der Waals surface area contributed by atoms with E-state index < -0.39 is 0 Å². The molecule has 1 aromatic carbocycles. The maximum atomic E-state index is 5.71. The summed E-state index contributed by atoms with van der Waals surface area (Å²) in [7, 11) is 1.66. The van der Waals surface area contributed by atoms with Gasteiger partial charge >= 0.3 is 0 Å². The summed E-state index contributed by atoms with van der Waals surface area (Å²) in [6.07, 6.45) is 4.61. The minimum Gasteiger partial charge on any atom is -0.497 e. The number of hydrogen-bond acceptors (Lipinski definition) is 5. The van der Waals surface area contributed by atoms with Gasteiger partial charge in [0.25, 0.3) is 0 Å². The molecule has 27 heavy (non-hydrogen) atoms. The molecule has 0 aliphatic rings. The van der Waals surface area contributed by atoms with Crippen LogP contribution in [0.2, 0.25) is 0 Å². The predicted octanol–water partition coefficient (Wildman–Crippen LogP) is 2.95. The average molecular weight is 392 g/mol. The van der Waals surface area contributed by atoms with E-state index in [1.54, 1.807) is 25.1 Å². The van der Waals surface area contributed by atoms with E-state index in [0.29, 0.717) is 19.8 Å². The molecule has 7 heteroatoms. The Morgan fingerprint density at radius 2 is 1.96 bits per heavy atom. The average Bonchev–Trinajstić information content (AvgIpc) is 3.21. The maximum Gasteiger partial charge on any atom is 0.191 e. The Hall–Kier alpha value is -2.12. The van der Waals surface area contributed by atoms with Gasteiger partial charge in [-0.1, -0.05) is 12.1 Å². The number of furan rings is 1. The molecule has 0 radical (unpaired) electrons. The lowest BCUT2D eigenvalue weighted by Crippen LogP contribution is -2.39. The number of aliphatic imine (C=N–C) groups is 1. The summed E-state index contributed by atoms with van der Waals surface area (Å²) in [5.74, 6) is 3.66. The molecule has 1 heterocycles. The van der Waals surface area contributed by atoms with Gasteiger partial charge < -0.3 is 24.5 Å². The first-order valence-corrected chi connectivity index (χ1v) is 10.5. The number of hydrogen-bond donors (Lipinski definition) is 2. The van der Waals surface area contributed by atoms with E-state index in [1.807, 2.05) is 36.4 Å². The Balaban J connectivity index is 1.69. The van der Waals surface area contributed by atoms with Crippen LogP contribution in [-0.2, 0) is 17.8 Å². The van der Waals surface area contributed by atoms with Gasteiger partial charge in [-0.3, -0.25) is 4.99 Å². The molecule has 0 saturated carbocycles. The first-order chi connectivity index (χ1) is 13.3. The third kappa shape index (κ3) is 8.88. The van der Waals surface area contributed by atoms with Crippen molar-refractivity contribution in [2.45, 2.75) is 13.0 Å². The van der Waals surface area contributed by atoms with Crippen LogP contribution in [0.25, 0.3) is 0 Å². The van der Waals surface area contributed by atoms with Crippen LogP contribution in [0.3, 0.4) is 0 Å². The van der Waals surface area contributed by atoms with Crippen molar-refractivity contribution in [3.63, 3.8) is 0 Å². The third-order valence-corrected chi connectivity index (χ3v) is 4.39. The third-order valence-electron chi connectivity index (χ3n) is 3.78. The zero-order valence-corrected chi connectivity index (χ0v) is 16.9. The number of benzene rings is 1. The van der Waals surface area contributed by atoms with E-state index in [2.05, 4.69) is 21.9 Å². The van der Waals surface area contributed by atoms with E-state index in [-0.39, 0.29) is 0 Å². The van der Waals surface area contributed by atoms with Crippen LogP contribution >= 0.6 is 11.8 Å². The van der Waals surface area contributed by atoms with Crippen LogP contribution in [0.1, 0.15) is 11.3 Å². The molecule has 0 bridgehead atoms. The van der Waals surface area contributed by atoms with Gasteiger partial charge in [-0.2, -0.15) is 11.8 Å². The molecule has 6 nitrogen and oxygen atoms in total. The molecule has 0 unspecified atom stereocenters.